The van der Waals surface area contributed by atoms with Crippen LogP contribution in [0.15, 0.2) is 12.4 Å². The van der Waals surface area contributed by atoms with Gasteiger partial charge in [-0.05, 0) is 112 Å². The van der Waals surface area contributed by atoms with Crippen molar-refractivity contribution in [2.45, 2.75) is 148 Å². The van der Waals surface area contributed by atoms with Crippen LogP contribution in [0.25, 0.3) is 0 Å². The van der Waals surface area contributed by atoms with Crippen molar-refractivity contribution >= 4 is 0 Å². The fourth-order valence-corrected chi connectivity index (χ4v) is 7.85. The minimum absolute atomic E-state index is 0.616. The lowest BCUT2D eigenvalue weighted by molar-refractivity contribution is 0.108. The molecule has 3 aliphatic rings. The zero-order valence-corrected chi connectivity index (χ0v) is 22.7. The van der Waals surface area contributed by atoms with E-state index in [1.807, 2.05) is 0 Å². The third-order valence-corrected chi connectivity index (χ3v) is 10.2. The molecular weight excluding hydrogens is 412 g/mol. The Morgan fingerprint density at radius 3 is 1.59 bits per heavy atom. The van der Waals surface area contributed by atoms with Gasteiger partial charge < -0.3 is 0 Å². The Hall–Kier alpha value is -0.920. The van der Waals surface area contributed by atoms with Crippen LogP contribution in [0.3, 0.4) is 0 Å². The molecule has 0 saturated heterocycles. The van der Waals surface area contributed by atoms with Crippen LogP contribution >= 0.6 is 0 Å². The van der Waals surface area contributed by atoms with E-state index in [1.54, 1.807) is 38.5 Å². The van der Waals surface area contributed by atoms with Crippen LogP contribution in [0.2, 0.25) is 0 Å². The molecule has 0 amide bonds. The van der Waals surface area contributed by atoms with Crippen molar-refractivity contribution in [1.82, 2.24) is 9.97 Å². The molecule has 1 heterocycles. The lowest BCUT2D eigenvalue weighted by Gasteiger charge is -2.41. The van der Waals surface area contributed by atoms with Crippen LogP contribution in [0.4, 0.5) is 0 Å². The predicted molar refractivity (Wildman–Crippen MR) is 145 cm³/mol. The molecule has 0 atom stereocenters. The monoisotopic (exact) mass is 466 g/mol. The topological polar surface area (TPSA) is 25.8 Å². The molecule has 2 nitrogen and oxygen atoms in total. The molecule has 2 heteroatoms. The van der Waals surface area contributed by atoms with Crippen LogP contribution < -0.4 is 0 Å². The summed E-state index contributed by atoms with van der Waals surface area (Å²) in [5.74, 6) is 6.95. The number of aromatic nitrogens is 2. The van der Waals surface area contributed by atoms with E-state index in [2.05, 4.69) is 26.2 Å². The van der Waals surface area contributed by atoms with Crippen molar-refractivity contribution in [2.75, 3.05) is 0 Å². The largest absolute Gasteiger partial charge is 0.241 e. The standard InChI is InChI=1S/C32H54N2/c1-3-5-7-9-25-11-13-27(14-12-25)28-15-17-29(18-16-28)30-19-21-31(22-20-30)32-33-23-26(24-34-32)10-8-6-4-2/h23-25,27-31H,3-22H2,1-2H3/t25-,27-,28-,29-,30-,31-. The van der Waals surface area contributed by atoms with E-state index < -0.39 is 0 Å². The number of nitrogens with zero attached hydrogens (tertiary/aromatic N) is 2. The first kappa shape index (κ1) is 26.2. The maximum Gasteiger partial charge on any atom is 0.131 e. The molecule has 0 spiro atoms. The Labute approximate surface area is 211 Å². The Kier molecular flexibility index (Phi) is 10.8. The molecule has 0 aliphatic heterocycles. The van der Waals surface area contributed by atoms with Gasteiger partial charge in [0, 0.05) is 18.3 Å². The molecule has 0 bridgehead atoms. The van der Waals surface area contributed by atoms with E-state index in [9.17, 15) is 0 Å². The predicted octanol–water partition coefficient (Wildman–Crippen LogP) is 9.68. The van der Waals surface area contributed by atoms with Crippen LogP contribution in [-0.2, 0) is 6.42 Å². The van der Waals surface area contributed by atoms with Gasteiger partial charge in [-0.1, -0.05) is 65.2 Å². The molecule has 0 aromatic carbocycles. The molecule has 192 valence electrons. The first-order chi connectivity index (χ1) is 16.8. The van der Waals surface area contributed by atoms with E-state index in [0.29, 0.717) is 5.92 Å². The minimum atomic E-state index is 0.616. The van der Waals surface area contributed by atoms with E-state index in [-0.39, 0.29) is 0 Å². The van der Waals surface area contributed by atoms with Crippen LogP contribution in [0.1, 0.15) is 153 Å². The highest BCUT2D eigenvalue weighted by molar-refractivity contribution is 5.08. The number of rotatable bonds is 11. The smallest absolute Gasteiger partial charge is 0.131 e. The fourth-order valence-electron chi connectivity index (χ4n) is 7.85. The van der Waals surface area contributed by atoms with Crippen LogP contribution in [0, 0.1) is 29.6 Å². The fraction of sp³-hybridized carbons (Fsp3) is 0.875. The third-order valence-electron chi connectivity index (χ3n) is 10.2. The quantitative estimate of drug-likeness (QED) is 0.303. The van der Waals surface area contributed by atoms with Gasteiger partial charge in [0.15, 0.2) is 0 Å². The van der Waals surface area contributed by atoms with Gasteiger partial charge in [-0.15, -0.1) is 0 Å². The van der Waals surface area contributed by atoms with Gasteiger partial charge in [0.1, 0.15) is 5.82 Å². The van der Waals surface area contributed by atoms with Crippen LogP contribution in [0.5, 0.6) is 0 Å². The van der Waals surface area contributed by atoms with E-state index in [0.717, 1.165) is 41.8 Å². The molecule has 34 heavy (non-hydrogen) atoms. The first-order valence-corrected chi connectivity index (χ1v) is 15.6. The van der Waals surface area contributed by atoms with E-state index >= 15 is 0 Å². The van der Waals surface area contributed by atoms with Gasteiger partial charge in [0.2, 0.25) is 0 Å². The van der Waals surface area contributed by atoms with Gasteiger partial charge in [0.25, 0.3) is 0 Å². The lowest BCUT2D eigenvalue weighted by atomic mass is 9.65. The summed E-state index contributed by atoms with van der Waals surface area (Å²) in [6.07, 6.45) is 32.9. The van der Waals surface area contributed by atoms with Gasteiger partial charge in [-0.3, -0.25) is 0 Å². The maximum absolute atomic E-state index is 4.80. The second-order valence-corrected chi connectivity index (χ2v) is 12.5. The molecule has 0 unspecified atom stereocenters. The van der Waals surface area contributed by atoms with E-state index in [4.69, 9.17) is 9.97 Å². The first-order valence-electron chi connectivity index (χ1n) is 15.6. The average Bonchev–Trinajstić information content (AvgIpc) is 2.90. The Morgan fingerprint density at radius 1 is 0.588 bits per heavy atom. The molecular formula is C32H54N2. The summed E-state index contributed by atoms with van der Waals surface area (Å²) in [4.78, 5) is 9.59. The molecule has 3 aliphatic carbocycles. The van der Waals surface area contributed by atoms with Gasteiger partial charge in [-0.2, -0.15) is 0 Å². The normalized spacial score (nSPS) is 32.5. The highest BCUT2D eigenvalue weighted by Crippen LogP contribution is 2.47. The van der Waals surface area contributed by atoms with E-state index in [1.165, 1.54) is 89.0 Å². The summed E-state index contributed by atoms with van der Waals surface area (Å²) in [5, 5.41) is 0. The Bertz CT molecular complexity index is 659. The van der Waals surface area contributed by atoms with Gasteiger partial charge in [0.05, 0.1) is 0 Å². The number of aryl methyl sites for hydroxylation is 1. The van der Waals surface area contributed by atoms with Crippen molar-refractivity contribution in [3.63, 3.8) is 0 Å². The summed E-state index contributed by atoms with van der Waals surface area (Å²) in [7, 11) is 0. The second kappa shape index (κ2) is 14.0. The zero-order chi connectivity index (χ0) is 23.6. The van der Waals surface area contributed by atoms with Crippen molar-refractivity contribution in [3.05, 3.63) is 23.8 Å². The second-order valence-electron chi connectivity index (χ2n) is 12.5. The van der Waals surface area contributed by atoms with Crippen molar-refractivity contribution in [3.8, 4) is 0 Å². The number of hydrogen-bond donors (Lipinski definition) is 0. The highest BCUT2D eigenvalue weighted by Gasteiger charge is 2.35. The average molecular weight is 467 g/mol. The third kappa shape index (κ3) is 7.54. The van der Waals surface area contributed by atoms with Crippen molar-refractivity contribution < 1.29 is 0 Å². The number of hydrogen-bond acceptors (Lipinski definition) is 2. The van der Waals surface area contributed by atoms with Gasteiger partial charge in [-0.25, -0.2) is 9.97 Å². The van der Waals surface area contributed by atoms with Crippen molar-refractivity contribution in [1.29, 1.82) is 0 Å². The highest BCUT2D eigenvalue weighted by atomic mass is 14.9. The van der Waals surface area contributed by atoms with Gasteiger partial charge >= 0.3 is 0 Å². The summed E-state index contributed by atoms with van der Waals surface area (Å²) < 4.78 is 0. The van der Waals surface area contributed by atoms with Crippen LogP contribution in [-0.4, -0.2) is 9.97 Å². The summed E-state index contributed by atoms with van der Waals surface area (Å²) in [6, 6.07) is 0. The molecule has 1 aromatic rings. The molecule has 3 saturated carbocycles. The number of unbranched alkanes of at least 4 members (excludes halogenated alkanes) is 4. The Balaban J connectivity index is 1.13. The molecule has 0 radical (unpaired) electrons. The SMILES string of the molecule is CCCCCc1cnc([C@H]2CC[C@H]([C@H]3CC[C@H]([C@H]4CC[C@H](CCCCC)CC4)CC3)CC2)nc1. The molecule has 1 aromatic heterocycles. The minimum Gasteiger partial charge on any atom is -0.241 e. The molecule has 0 N–H and O–H groups in total. The molecule has 4 rings (SSSR count). The summed E-state index contributed by atoms with van der Waals surface area (Å²) in [5.41, 5.74) is 1.33. The molecule has 3 fully saturated rings. The summed E-state index contributed by atoms with van der Waals surface area (Å²) in [6.45, 7) is 4.60. The lowest BCUT2D eigenvalue weighted by Crippen LogP contribution is -2.29. The summed E-state index contributed by atoms with van der Waals surface area (Å²) >= 11 is 0. The van der Waals surface area contributed by atoms with Crippen molar-refractivity contribution in [2.24, 2.45) is 29.6 Å². The maximum atomic E-state index is 4.80. The Morgan fingerprint density at radius 2 is 1.06 bits per heavy atom. The zero-order valence-electron chi connectivity index (χ0n) is 22.7.